The minimum atomic E-state index is -0.0335. The first-order chi connectivity index (χ1) is 11.7. The van der Waals surface area contributed by atoms with Crippen LogP contribution < -0.4 is 5.32 Å². The molecular weight excluding hydrogens is 298 g/mol. The van der Waals surface area contributed by atoms with Crippen molar-refractivity contribution in [2.45, 2.75) is 38.5 Å². The third kappa shape index (κ3) is 5.50. The maximum absolute atomic E-state index is 12.2. The Hall–Kier alpha value is -2.13. The Morgan fingerprint density at radius 3 is 2.38 bits per heavy atom. The molecule has 3 nitrogen and oxygen atoms in total. The van der Waals surface area contributed by atoms with Gasteiger partial charge in [0.25, 0.3) is 5.91 Å². The monoisotopic (exact) mass is 325 g/mol. The van der Waals surface area contributed by atoms with Gasteiger partial charge in [0.15, 0.2) is 0 Å². The van der Waals surface area contributed by atoms with Gasteiger partial charge in [-0.25, -0.2) is 0 Å². The van der Waals surface area contributed by atoms with Gasteiger partial charge < -0.3 is 10.4 Å². The summed E-state index contributed by atoms with van der Waals surface area (Å²) in [6, 6.07) is 18.0. The fourth-order valence-electron chi connectivity index (χ4n) is 2.93. The van der Waals surface area contributed by atoms with Gasteiger partial charge in [0.2, 0.25) is 0 Å². The molecule has 0 aliphatic rings. The average Bonchev–Trinajstić information content (AvgIpc) is 2.62. The van der Waals surface area contributed by atoms with Gasteiger partial charge >= 0.3 is 0 Å². The highest BCUT2D eigenvalue weighted by molar-refractivity contribution is 5.94. The molecule has 2 aromatic carbocycles. The molecule has 2 N–H and O–H groups in total. The van der Waals surface area contributed by atoms with E-state index in [1.807, 2.05) is 42.5 Å². The van der Waals surface area contributed by atoms with E-state index in [1.54, 1.807) is 0 Å². The number of benzene rings is 2. The molecule has 3 heteroatoms. The van der Waals surface area contributed by atoms with Crippen molar-refractivity contribution >= 4 is 5.91 Å². The topological polar surface area (TPSA) is 49.3 Å². The summed E-state index contributed by atoms with van der Waals surface area (Å²) in [6.45, 7) is 2.91. The van der Waals surface area contributed by atoms with E-state index < -0.39 is 0 Å². The van der Waals surface area contributed by atoms with Crippen LogP contribution in [0.2, 0.25) is 0 Å². The number of aliphatic hydroxyl groups is 1. The summed E-state index contributed by atoms with van der Waals surface area (Å²) in [6.07, 6.45) is 3.69. The van der Waals surface area contributed by atoms with Crippen molar-refractivity contribution in [3.05, 3.63) is 71.3 Å². The number of rotatable bonds is 9. The largest absolute Gasteiger partial charge is 0.396 e. The Balaban J connectivity index is 1.86. The molecular formula is C21H27NO2. The van der Waals surface area contributed by atoms with E-state index in [0.29, 0.717) is 18.5 Å². The molecule has 0 heterocycles. The highest BCUT2D eigenvalue weighted by Gasteiger charge is 2.12. The summed E-state index contributed by atoms with van der Waals surface area (Å²) in [5.74, 6) is 0.234. The number of carbonyl (C=O) groups is 1. The van der Waals surface area contributed by atoms with Crippen LogP contribution in [0, 0.1) is 0 Å². The molecule has 0 saturated heterocycles. The van der Waals surface area contributed by atoms with Gasteiger partial charge in [0, 0.05) is 18.7 Å². The maximum atomic E-state index is 12.2. The summed E-state index contributed by atoms with van der Waals surface area (Å²) >= 11 is 0. The molecule has 2 rings (SSSR count). The second kappa shape index (κ2) is 9.89. The zero-order valence-corrected chi connectivity index (χ0v) is 14.4. The lowest BCUT2D eigenvalue weighted by molar-refractivity contribution is 0.0952. The zero-order chi connectivity index (χ0) is 17.2. The molecule has 24 heavy (non-hydrogen) atoms. The fourth-order valence-corrected chi connectivity index (χ4v) is 2.93. The number of aliphatic hydroxyl groups excluding tert-OH is 1. The van der Waals surface area contributed by atoms with E-state index >= 15 is 0 Å². The van der Waals surface area contributed by atoms with E-state index in [4.69, 9.17) is 0 Å². The van der Waals surface area contributed by atoms with Crippen LogP contribution in [-0.2, 0) is 6.42 Å². The molecule has 0 fully saturated rings. The molecule has 0 radical (unpaired) electrons. The van der Waals surface area contributed by atoms with Crippen LogP contribution in [0.4, 0.5) is 0 Å². The Morgan fingerprint density at radius 1 is 1.04 bits per heavy atom. The molecule has 0 aliphatic carbocycles. The molecule has 0 aromatic heterocycles. The van der Waals surface area contributed by atoms with E-state index in [-0.39, 0.29) is 18.4 Å². The van der Waals surface area contributed by atoms with Crippen LogP contribution in [0.1, 0.15) is 53.6 Å². The molecule has 128 valence electrons. The van der Waals surface area contributed by atoms with Gasteiger partial charge in [0.1, 0.15) is 0 Å². The highest BCUT2D eigenvalue weighted by atomic mass is 16.3. The van der Waals surface area contributed by atoms with Crippen molar-refractivity contribution in [2.75, 3.05) is 13.2 Å². The minimum absolute atomic E-state index is 0.0335. The van der Waals surface area contributed by atoms with E-state index in [2.05, 4.69) is 24.4 Å². The quantitative estimate of drug-likeness (QED) is 0.734. The van der Waals surface area contributed by atoms with Gasteiger partial charge in [-0.3, -0.25) is 4.79 Å². The number of amides is 1. The van der Waals surface area contributed by atoms with Crippen LogP contribution in [-0.4, -0.2) is 24.2 Å². The van der Waals surface area contributed by atoms with Gasteiger partial charge in [-0.05, 0) is 48.4 Å². The number of carbonyl (C=O) groups excluding carboxylic acids is 1. The van der Waals surface area contributed by atoms with Crippen LogP contribution in [0.15, 0.2) is 54.6 Å². The van der Waals surface area contributed by atoms with Gasteiger partial charge in [0.05, 0.1) is 0 Å². The van der Waals surface area contributed by atoms with Crippen LogP contribution in [0.5, 0.6) is 0 Å². The zero-order valence-electron chi connectivity index (χ0n) is 14.4. The Kier molecular flexibility index (Phi) is 7.50. The first-order valence-corrected chi connectivity index (χ1v) is 8.77. The number of aryl methyl sites for hydroxylation is 1. The standard InChI is InChI=1S/C21H27NO2/c1-2-6-17-9-11-20(12-10-17)21(24)22-15-13-19(14-16-23)18-7-4-3-5-8-18/h3-5,7-12,19,23H,2,6,13-16H2,1H3,(H,22,24). The predicted octanol–water partition coefficient (Wildman–Crippen LogP) is 3.93. The summed E-state index contributed by atoms with van der Waals surface area (Å²) < 4.78 is 0. The van der Waals surface area contributed by atoms with Gasteiger partial charge in [-0.2, -0.15) is 0 Å². The van der Waals surface area contributed by atoms with E-state index in [0.717, 1.165) is 19.3 Å². The molecule has 0 bridgehead atoms. The summed E-state index contributed by atoms with van der Waals surface area (Å²) in [5.41, 5.74) is 3.18. The van der Waals surface area contributed by atoms with Crippen molar-refractivity contribution in [2.24, 2.45) is 0 Å². The predicted molar refractivity (Wildman–Crippen MR) is 98.3 cm³/mol. The number of hydrogen-bond acceptors (Lipinski definition) is 2. The molecule has 1 atom stereocenters. The highest BCUT2D eigenvalue weighted by Crippen LogP contribution is 2.22. The second-order valence-corrected chi connectivity index (χ2v) is 6.11. The number of hydrogen-bond donors (Lipinski definition) is 2. The van der Waals surface area contributed by atoms with Gasteiger partial charge in [-0.15, -0.1) is 0 Å². The molecule has 0 saturated carbocycles. The lowest BCUT2D eigenvalue weighted by Crippen LogP contribution is -2.25. The third-order valence-electron chi connectivity index (χ3n) is 4.28. The minimum Gasteiger partial charge on any atom is -0.396 e. The molecule has 0 aliphatic heterocycles. The SMILES string of the molecule is CCCc1ccc(C(=O)NCCC(CCO)c2ccccc2)cc1. The molecule has 1 amide bonds. The van der Waals surface area contributed by atoms with Crippen molar-refractivity contribution in [3.8, 4) is 0 Å². The van der Waals surface area contributed by atoms with Crippen molar-refractivity contribution in [3.63, 3.8) is 0 Å². The smallest absolute Gasteiger partial charge is 0.251 e. The molecule has 2 aromatic rings. The van der Waals surface area contributed by atoms with Crippen molar-refractivity contribution < 1.29 is 9.90 Å². The van der Waals surface area contributed by atoms with Crippen LogP contribution >= 0.6 is 0 Å². The normalized spacial score (nSPS) is 11.9. The van der Waals surface area contributed by atoms with Crippen molar-refractivity contribution in [1.82, 2.24) is 5.32 Å². The Labute approximate surface area is 144 Å². The summed E-state index contributed by atoms with van der Waals surface area (Å²) in [4.78, 5) is 12.2. The molecule has 0 spiro atoms. The van der Waals surface area contributed by atoms with Crippen LogP contribution in [0.25, 0.3) is 0 Å². The maximum Gasteiger partial charge on any atom is 0.251 e. The first kappa shape index (κ1) is 18.2. The van der Waals surface area contributed by atoms with Crippen molar-refractivity contribution in [1.29, 1.82) is 0 Å². The third-order valence-corrected chi connectivity index (χ3v) is 4.28. The van der Waals surface area contributed by atoms with Gasteiger partial charge in [-0.1, -0.05) is 55.8 Å². The number of nitrogens with one attached hydrogen (secondary N) is 1. The summed E-state index contributed by atoms with van der Waals surface area (Å²) in [7, 11) is 0. The van der Waals surface area contributed by atoms with E-state index in [9.17, 15) is 9.90 Å². The van der Waals surface area contributed by atoms with Crippen LogP contribution in [0.3, 0.4) is 0 Å². The lowest BCUT2D eigenvalue weighted by atomic mass is 9.93. The first-order valence-electron chi connectivity index (χ1n) is 8.77. The fraction of sp³-hybridized carbons (Fsp3) is 0.381. The Morgan fingerprint density at radius 2 is 1.75 bits per heavy atom. The average molecular weight is 325 g/mol. The van der Waals surface area contributed by atoms with E-state index in [1.165, 1.54) is 11.1 Å². The molecule has 1 unspecified atom stereocenters. The lowest BCUT2D eigenvalue weighted by Gasteiger charge is -2.16. The summed E-state index contributed by atoms with van der Waals surface area (Å²) in [5, 5.41) is 12.3. The Bertz CT molecular complexity index is 607. The second-order valence-electron chi connectivity index (χ2n) is 6.11.